The second-order valence-electron chi connectivity index (χ2n) is 2.93. The van der Waals surface area contributed by atoms with Crippen molar-refractivity contribution in [2.75, 3.05) is 13.2 Å². The van der Waals surface area contributed by atoms with E-state index in [4.69, 9.17) is 5.11 Å². The van der Waals surface area contributed by atoms with Gasteiger partial charge in [0.05, 0.1) is 0 Å². The molecular formula is C9H21NO. The third kappa shape index (κ3) is 6.32. The van der Waals surface area contributed by atoms with E-state index in [9.17, 15) is 0 Å². The van der Waals surface area contributed by atoms with Crippen molar-refractivity contribution in [2.24, 2.45) is 0 Å². The third-order valence-corrected chi connectivity index (χ3v) is 1.90. The fourth-order valence-corrected chi connectivity index (χ4v) is 1.18. The van der Waals surface area contributed by atoms with Crippen molar-refractivity contribution in [2.45, 2.75) is 45.6 Å². The van der Waals surface area contributed by atoms with Gasteiger partial charge in [-0.2, -0.15) is 0 Å². The minimum absolute atomic E-state index is 0.301. The first-order valence-corrected chi connectivity index (χ1v) is 4.69. The summed E-state index contributed by atoms with van der Waals surface area (Å²) in [6.45, 7) is 5.66. The van der Waals surface area contributed by atoms with Crippen molar-refractivity contribution in [3.05, 3.63) is 0 Å². The van der Waals surface area contributed by atoms with Crippen molar-refractivity contribution >= 4 is 0 Å². The Morgan fingerprint density at radius 1 is 1.36 bits per heavy atom. The second kappa shape index (κ2) is 8.02. The molecule has 1 unspecified atom stereocenters. The predicted molar refractivity (Wildman–Crippen MR) is 48.7 cm³/mol. The van der Waals surface area contributed by atoms with Crippen LogP contribution in [0, 0.1) is 0 Å². The molecule has 0 saturated carbocycles. The van der Waals surface area contributed by atoms with E-state index >= 15 is 0 Å². The number of aliphatic hydroxyl groups excluding tert-OH is 1. The maximum absolute atomic E-state index is 8.54. The summed E-state index contributed by atoms with van der Waals surface area (Å²) in [5, 5.41) is 12.0. The lowest BCUT2D eigenvalue weighted by Gasteiger charge is -2.14. The first-order valence-electron chi connectivity index (χ1n) is 4.69. The van der Waals surface area contributed by atoms with Gasteiger partial charge in [0.15, 0.2) is 0 Å². The fraction of sp³-hybridized carbons (Fsp3) is 1.00. The van der Waals surface area contributed by atoms with Gasteiger partial charge in [-0.15, -0.1) is 0 Å². The van der Waals surface area contributed by atoms with E-state index in [-0.39, 0.29) is 0 Å². The van der Waals surface area contributed by atoms with Gasteiger partial charge in [-0.1, -0.05) is 20.3 Å². The molecule has 0 saturated heterocycles. The molecule has 0 bridgehead atoms. The SMILES string of the molecule is CCCC(CC)NCCCO. The largest absolute Gasteiger partial charge is 0.396 e. The summed E-state index contributed by atoms with van der Waals surface area (Å²) in [5.41, 5.74) is 0. The minimum atomic E-state index is 0.301. The molecule has 11 heavy (non-hydrogen) atoms. The van der Waals surface area contributed by atoms with Crippen LogP contribution in [0.3, 0.4) is 0 Å². The van der Waals surface area contributed by atoms with Crippen LogP contribution in [0.15, 0.2) is 0 Å². The topological polar surface area (TPSA) is 32.3 Å². The van der Waals surface area contributed by atoms with Gasteiger partial charge in [-0.25, -0.2) is 0 Å². The Hall–Kier alpha value is -0.0800. The van der Waals surface area contributed by atoms with E-state index in [1.807, 2.05) is 0 Å². The highest BCUT2D eigenvalue weighted by molar-refractivity contribution is 4.63. The number of nitrogens with one attached hydrogen (secondary N) is 1. The molecule has 0 aliphatic heterocycles. The number of hydrogen-bond acceptors (Lipinski definition) is 2. The monoisotopic (exact) mass is 159 g/mol. The van der Waals surface area contributed by atoms with Crippen molar-refractivity contribution in [3.63, 3.8) is 0 Å². The molecule has 2 heteroatoms. The van der Waals surface area contributed by atoms with Crippen LogP contribution in [0.4, 0.5) is 0 Å². The lowest BCUT2D eigenvalue weighted by Crippen LogP contribution is -2.29. The number of hydrogen-bond donors (Lipinski definition) is 2. The van der Waals surface area contributed by atoms with Crippen LogP contribution in [0.5, 0.6) is 0 Å². The van der Waals surface area contributed by atoms with E-state index in [1.165, 1.54) is 19.3 Å². The van der Waals surface area contributed by atoms with Gasteiger partial charge in [0.2, 0.25) is 0 Å². The maximum Gasteiger partial charge on any atom is 0.0443 e. The Kier molecular flexibility index (Phi) is 7.96. The highest BCUT2D eigenvalue weighted by atomic mass is 16.3. The average Bonchev–Trinajstić information content (AvgIpc) is 2.03. The molecule has 68 valence electrons. The molecule has 0 amide bonds. The van der Waals surface area contributed by atoms with Crippen molar-refractivity contribution in [1.82, 2.24) is 5.32 Å². The van der Waals surface area contributed by atoms with E-state index in [0.29, 0.717) is 12.6 Å². The summed E-state index contributed by atoms with van der Waals surface area (Å²) in [4.78, 5) is 0. The molecule has 0 aliphatic rings. The molecule has 2 N–H and O–H groups in total. The standard InChI is InChI=1S/C9H21NO/c1-3-6-9(4-2)10-7-5-8-11/h9-11H,3-8H2,1-2H3. The van der Waals surface area contributed by atoms with Crippen molar-refractivity contribution in [1.29, 1.82) is 0 Å². The van der Waals surface area contributed by atoms with E-state index in [1.54, 1.807) is 0 Å². The normalized spacial score (nSPS) is 13.4. The molecule has 0 aromatic carbocycles. The van der Waals surface area contributed by atoms with Crippen LogP contribution in [-0.2, 0) is 0 Å². The minimum Gasteiger partial charge on any atom is -0.396 e. The summed E-state index contributed by atoms with van der Waals surface area (Å²) in [5.74, 6) is 0. The molecule has 0 heterocycles. The predicted octanol–water partition coefficient (Wildman–Crippen LogP) is 1.54. The van der Waals surface area contributed by atoms with E-state index in [0.717, 1.165) is 13.0 Å². The maximum atomic E-state index is 8.54. The van der Waals surface area contributed by atoms with Crippen LogP contribution in [0.25, 0.3) is 0 Å². The van der Waals surface area contributed by atoms with E-state index < -0.39 is 0 Å². The highest BCUT2D eigenvalue weighted by Crippen LogP contribution is 2.00. The summed E-state index contributed by atoms with van der Waals surface area (Å²) >= 11 is 0. The van der Waals surface area contributed by atoms with Crippen LogP contribution in [0.2, 0.25) is 0 Å². The molecule has 0 aromatic rings. The summed E-state index contributed by atoms with van der Waals surface area (Å²) in [6, 6.07) is 0.659. The molecule has 0 aliphatic carbocycles. The van der Waals surface area contributed by atoms with Gasteiger partial charge in [-0.3, -0.25) is 0 Å². The van der Waals surface area contributed by atoms with Crippen LogP contribution in [-0.4, -0.2) is 24.3 Å². The molecular weight excluding hydrogens is 138 g/mol. The van der Waals surface area contributed by atoms with Gasteiger partial charge in [0, 0.05) is 12.6 Å². The van der Waals surface area contributed by atoms with Gasteiger partial charge in [0.25, 0.3) is 0 Å². The smallest absolute Gasteiger partial charge is 0.0443 e. The Morgan fingerprint density at radius 2 is 2.09 bits per heavy atom. The lowest BCUT2D eigenvalue weighted by atomic mass is 10.1. The summed E-state index contributed by atoms with van der Waals surface area (Å²) < 4.78 is 0. The van der Waals surface area contributed by atoms with Gasteiger partial charge in [-0.05, 0) is 25.8 Å². The highest BCUT2D eigenvalue weighted by Gasteiger charge is 2.01. The molecule has 2 nitrogen and oxygen atoms in total. The van der Waals surface area contributed by atoms with Crippen LogP contribution >= 0.6 is 0 Å². The fourth-order valence-electron chi connectivity index (χ4n) is 1.18. The molecule has 0 aromatic heterocycles. The first kappa shape index (κ1) is 10.9. The molecule has 0 radical (unpaired) electrons. The van der Waals surface area contributed by atoms with E-state index in [2.05, 4.69) is 19.2 Å². The van der Waals surface area contributed by atoms with Gasteiger partial charge >= 0.3 is 0 Å². The number of aliphatic hydroxyl groups is 1. The summed E-state index contributed by atoms with van der Waals surface area (Å²) in [6.07, 6.45) is 4.56. The van der Waals surface area contributed by atoms with Crippen LogP contribution in [0.1, 0.15) is 39.5 Å². The molecule has 1 atom stereocenters. The lowest BCUT2D eigenvalue weighted by molar-refractivity contribution is 0.281. The van der Waals surface area contributed by atoms with Gasteiger partial charge < -0.3 is 10.4 Å². The third-order valence-electron chi connectivity index (χ3n) is 1.90. The average molecular weight is 159 g/mol. The Labute approximate surface area is 70.0 Å². The Bertz CT molecular complexity index is 76.0. The molecule has 0 fully saturated rings. The molecule has 0 spiro atoms. The van der Waals surface area contributed by atoms with Crippen molar-refractivity contribution < 1.29 is 5.11 Å². The van der Waals surface area contributed by atoms with Crippen molar-refractivity contribution in [3.8, 4) is 0 Å². The Balaban J connectivity index is 3.20. The number of rotatable bonds is 7. The zero-order valence-corrected chi connectivity index (χ0v) is 7.77. The Morgan fingerprint density at radius 3 is 2.55 bits per heavy atom. The summed E-state index contributed by atoms with van der Waals surface area (Å²) in [7, 11) is 0. The first-order chi connectivity index (χ1) is 5.35. The van der Waals surface area contributed by atoms with Gasteiger partial charge in [0.1, 0.15) is 0 Å². The zero-order chi connectivity index (χ0) is 8.53. The molecule has 0 rings (SSSR count). The second-order valence-corrected chi connectivity index (χ2v) is 2.93. The van der Waals surface area contributed by atoms with Crippen LogP contribution < -0.4 is 5.32 Å². The zero-order valence-electron chi connectivity index (χ0n) is 7.77. The quantitative estimate of drug-likeness (QED) is 0.552.